The fourth-order valence-electron chi connectivity index (χ4n) is 2.11. The molecule has 0 N–H and O–H groups in total. The van der Waals surface area contributed by atoms with Crippen LogP contribution in [0.5, 0.6) is 0 Å². The summed E-state index contributed by atoms with van der Waals surface area (Å²) in [7, 11) is 2.04. The van der Waals surface area contributed by atoms with Crippen molar-refractivity contribution in [2.24, 2.45) is 0 Å². The second-order valence-corrected chi connectivity index (χ2v) is 4.78. The molecule has 1 aliphatic rings. The van der Waals surface area contributed by atoms with Crippen LogP contribution in [0, 0.1) is 5.82 Å². The SMILES string of the molecule is CC(C)c1cc(F)c2c(c1)CCN(C)C2. The molecule has 0 saturated heterocycles. The van der Waals surface area contributed by atoms with Crippen LogP contribution in [0.1, 0.15) is 36.5 Å². The van der Waals surface area contributed by atoms with Gasteiger partial charge in [-0.15, -0.1) is 0 Å². The molecule has 0 bridgehead atoms. The van der Waals surface area contributed by atoms with Gasteiger partial charge in [-0.2, -0.15) is 0 Å². The van der Waals surface area contributed by atoms with E-state index in [2.05, 4.69) is 24.8 Å². The molecule has 0 radical (unpaired) electrons. The third-order valence-corrected chi connectivity index (χ3v) is 3.17. The largest absolute Gasteiger partial charge is 0.302 e. The van der Waals surface area contributed by atoms with Crippen LogP contribution in [0.25, 0.3) is 0 Å². The van der Waals surface area contributed by atoms with Crippen molar-refractivity contribution in [3.63, 3.8) is 0 Å². The first-order valence-corrected chi connectivity index (χ1v) is 5.57. The van der Waals surface area contributed by atoms with E-state index in [-0.39, 0.29) is 5.82 Å². The van der Waals surface area contributed by atoms with E-state index in [4.69, 9.17) is 0 Å². The van der Waals surface area contributed by atoms with Crippen LogP contribution in [0.2, 0.25) is 0 Å². The zero-order valence-electron chi connectivity index (χ0n) is 9.68. The number of hydrogen-bond donors (Lipinski definition) is 0. The lowest BCUT2D eigenvalue weighted by atomic mass is 9.93. The van der Waals surface area contributed by atoms with Crippen LogP contribution >= 0.6 is 0 Å². The maximum absolute atomic E-state index is 13.8. The van der Waals surface area contributed by atoms with Crippen molar-refractivity contribution in [1.82, 2.24) is 4.90 Å². The van der Waals surface area contributed by atoms with E-state index < -0.39 is 0 Å². The van der Waals surface area contributed by atoms with Crippen molar-refractivity contribution in [3.05, 3.63) is 34.6 Å². The molecule has 0 fully saturated rings. The molecule has 0 spiro atoms. The molecule has 1 heterocycles. The fourth-order valence-corrected chi connectivity index (χ4v) is 2.11. The average molecular weight is 207 g/mol. The average Bonchev–Trinajstić information content (AvgIpc) is 2.18. The molecule has 0 aliphatic carbocycles. The van der Waals surface area contributed by atoms with Crippen molar-refractivity contribution >= 4 is 0 Å². The fraction of sp³-hybridized carbons (Fsp3) is 0.538. The molecular formula is C13H18FN. The highest BCUT2D eigenvalue weighted by molar-refractivity contribution is 5.36. The van der Waals surface area contributed by atoms with E-state index >= 15 is 0 Å². The molecule has 1 aliphatic heterocycles. The minimum absolute atomic E-state index is 0.0252. The van der Waals surface area contributed by atoms with Crippen LogP contribution in [0.4, 0.5) is 4.39 Å². The summed E-state index contributed by atoms with van der Waals surface area (Å²) in [6.07, 6.45) is 0.976. The maximum Gasteiger partial charge on any atom is 0.128 e. The van der Waals surface area contributed by atoms with Gasteiger partial charge in [0.2, 0.25) is 0 Å². The van der Waals surface area contributed by atoms with Crippen molar-refractivity contribution in [1.29, 1.82) is 0 Å². The Kier molecular flexibility index (Phi) is 2.79. The Morgan fingerprint density at radius 2 is 2.07 bits per heavy atom. The summed E-state index contributed by atoms with van der Waals surface area (Å²) in [5.74, 6) is 0.382. The highest BCUT2D eigenvalue weighted by Gasteiger charge is 2.18. The zero-order chi connectivity index (χ0) is 11.0. The summed E-state index contributed by atoms with van der Waals surface area (Å²) < 4.78 is 13.8. The lowest BCUT2D eigenvalue weighted by molar-refractivity contribution is 0.305. The molecule has 0 amide bonds. The third kappa shape index (κ3) is 2.05. The van der Waals surface area contributed by atoms with E-state index in [1.54, 1.807) is 6.07 Å². The van der Waals surface area contributed by atoms with Crippen molar-refractivity contribution < 1.29 is 4.39 Å². The Morgan fingerprint density at radius 3 is 2.73 bits per heavy atom. The van der Waals surface area contributed by atoms with Gasteiger partial charge in [0, 0.05) is 18.7 Å². The number of benzene rings is 1. The Bertz CT molecular complexity index is 371. The summed E-state index contributed by atoms with van der Waals surface area (Å²) in [6, 6.07) is 3.87. The van der Waals surface area contributed by atoms with Gasteiger partial charge in [-0.05, 0) is 36.6 Å². The van der Waals surface area contributed by atoms with Gasteiger partial charge in [0.1, 0.15) is 5.82 Å². The van der Waals surface area contributed by atoms with Gasteiger partial charge >= 0.3 is 0 Å². The molecule has 0 unspecified atom stereocenters. The molecular weight excluding hydrogens is 189 g/mol. The van der Waals surface area contributed by atoms with Crippen molar-refractivity contribution in [3.8, 4) is 0 Å². The molecule has 1 aromatic rings. The molecule has 1 aromatic carbocycles. The predicted octanol–water partition coefficient (Wildman–Crippen LogP) is 2.94. The van der Waals surface area contributed by atoms with Gasteiger partial charge in [0.25, 0.3) is 0 Å². The molecule has 15 heavy (non-hydrogen) atoms. The summed E-state index contributed by atoms with van der Waals surface area (Å²) in [5, 5.41) is 0. The van der Waals surface area contributed by atoms with Crippen molar-refractivity contribution in [2.45, 2.75) is 32.7 Å². The van der Waals surface area contributed by atoms with E-state index in [1.807, 2.05) is 7.05 Å². The Morgan fingerprint density at radius 1 is 1.33 bits per heavy atom. The number of nitrogens with zero attached hydrogens (tertiary/aromatic N) is 1. The van der Waals surface area contributed by atoms with Crippen LogP contribution < -0.4 is 0 Å². The Labute approximate surface area is 90.9 Å². The second-order valence-electron chi connectivity index (χ2n) is 4.78. The van der Waals surface area contributed by atoms with E-state index in [1.165, 1.54) is 5.56 Å². The second kappa shape index (κ2) is 3.93. The van der Waals surface area contributed by atoms with Crippen molar-refractivity contribution in [2.75, 3.05) is 13.6 Å². The molecule has 0 aromatic heterocycles. The van der Waals surface area contributed by atoms with Gasteiger partial charge in [-0.25, -0.2) is 4.39 Å². The van der Waals surface area contributed by atoms with Crippen LogP contribution in [0.15, 0.2) is 12.1 Å². The quantitative estimate of drug-likeness (QED) is 0.684. The van der Waals surface area contributed by atoms with Gasteiger partial charge in [0.05, 0.1) is 0 Å². The summed E-state index contributed by atoms with van der Waals surface area (Å²) >= 11 is 0. The predicted molar refractivity (Wildman–Crippen MR) is 60.5 cm³/mol. The number of rotatable bonds is 1. The summed E-state index contributed by atoms with van der Waals surface area (Å²) in [4.78, 5) is 2.17. The Balaban J connectivity index is 2.43. The van der Waals surface area contributed by atoms with E-state index in [9.17, 15) is 4.39 Å². The zero-order valence-corrected chi connectivity index (χ0v) is 9.68. The minimum Gasteiger partial charge on any atom is -0.302 e. The number of halogens is 1. The summed E-state index contributed by atoms with van der Waals surface area (Å²) in [6.45, 7) is 6.00. The van der Waals surface area contributed by atoms with E-state index in [0.29, 0.717) is 5.92 Å². The first kappa shape index (κ1) is 10.6. The van der Waals surface area contributed by atoms with Crippen LogP contribution in [-0.2, 0) is 13.0 Å². The first-order chi connectivity index (χ1) is 7.08. The lowest BCUT2D eigenvalue weighted by Crippen LogP contribution is -2.27. The van der Waals surface area contributed by atoms with Gasteiger partial charge in [-0.1, -0.05) is 19.9 Å². The highest BCUT2D eigenvalue weighted by atomic mass is 19.1. The molecule has 82 valence electrons. The van der Waals surface area contributed by atoms with Crippen LogP contribution in [0.3, 0.4) is 0 Å². The van der Waals surface area contributed by atoms with E-state index in [0.717, 1.165) is 30.6 Å². The molecule has 2 heteroatoms. The third-order valence-electron chi connectivity index (χ3n) is 3.17. The summed E-state index contributed by atoms with van der Waals surface area (Å²) in [5.41, 5.74) is 3.22. The number of hydrogen-bond acceptors (Lipinski definition) is 1. The molecule has 2 rings (SSSR count). The Hall–Kier alpha value is -0.890. The lowest BCUT2D eigenvalue weighted by Gasteiger charge is -2.26. The smallest absolute Gasteiger partial charge is 0.128 e. The standard InChI is InChI=1S/C13H18FN/c1-9(2)11-6-10-4-5-15(3)8-12(10)13(14)7-11/h6-7,9H,4-5,8H2,1-3H3. The highest BCUT2D eigenvalue weighted by Crippen LogP contribution is 2.26. The topological polar surface area (TPSA) is 3.24 Å². The molecule has 1 nitrogen and oxygen atoms in total. The van der Waals surface area contributed by atoms with Gasteiger partial charge < -0.3 is 4.90 Å². The number of likely N-dealkylation sites (N-methyl/N-ethyl adjacent to an activating group) is 1. The minimum atomic E-state index is -0.0252. The van der Waals surface area contributed by atoms with Gasteiger partial charge in [-0.3, -0.25) is 0 Å². The molecule has 0 saturated carbocycles. The van der Waals surface area contributed by atoms with Gasteiger partial charge in [0.15, 0.2) is 0 Å². The monoisotopic (exact) mass is 207 g/mol. The first-order valence-electron chi connectivity index (χ1n) is 5.57. The maximum atomic E-state index is 13.8. The number of fused-ring (bicyclic) bond motifs is 1. The van der Waals surface area contributed by atoms with Crippen LogP contribution in [-0.4, -0.2) is 18.5 Å². The molecule has 0 atom stereocenters. The normalized spacial score (nSPS) is 16.9.